The van der Waals surface area contributed by atoms with Crippen LogP contribution in [0.4, 0.5) is 5.69 Å². The van der Waals surface area contributed by atoms with E-state index in [2.05, 4.69) is 55.7 Å². The maximum absolute atomic E-state index is 12.8. The second kappa shape index (κ2) is 10.1. The zero-order valence-corrected chi connectivity index (χ0v) is 20.3. The van der Waals surface area contributed by atoms with Gasteiger partial charge < -0.3 is 20.1 Å². The Morgan fingerprint density at radius 1 is 1.06 bits per heavy atom. The van der Waals surface area contributed by atoms with Crippen LogP contribution in [0.15, 0.2) is 97.5 Å². The molecule has 176 valence electrons. The number of thiocarbonyl (C=S) groups is 1. The van der Waals surface area contributed by atoms with Crippen molar-refractivity contribution in [3.63, 3.8) is 0 Å². The van der Waals surface area contributed by atoms with E-state index in [0.29, 0.717) is 18.1 Å². The van der Waals surface area contributed by atoms with Gasteiger partial charge in [-0.15, -0.1) is 0 Å². The van der Waals surface area contributed by atoms with Crippen molar-refractivity contribution in [2.45, 2.75) is 25.4 Å². The van der Waals surface area contributed by atoms with Crippen molar-refractivity contribution in [2.24, 2.45) is 0 Å². The Morgan fingerprint density at radius 3 is 2.66 bits per heavy atom. The molecule has 1 fully saturated rings. The van der Waals surface area contributed by atoms with Crippen molar-refractivity contribution in [3.8, 4) is 5.69 Å². The molecule has 3 heterocycles. The minimum atomic E-state index is -0.116. The van der Waals surface area contributed by atoms with Crippen LogP contribution in [-0.2, 0) is 4.79 Å². The second-order valence-electron chi connectivity index (χ2n) is 8.68. The number of aromatic nitrogens is 2. The highest BCUT2D eigenvalue weighted by Gasteiger charge is 2.40. The molecule has 0 saturated carbocycles. The van der Waals surface area contributed by atoms with Gasteiger partial charge in [0.15, 0.2) is 5.11 Å². The standard InChI is InChI=1S/C28H27N5OS/c1-20-8-7-9-22(18-20)30-25(34)14-17-33-27(26(31-28(33)35)24-12-5-6-15-29-24)21-13-16-32(19-21)23-10-3-2-4-11-23/h2-13,15-16,18-19,26-27H,14,17H2,1H3,(H,30,34)(H,31,35)/t26-,27-/m1/s1. The number of hydrogen-bond acceptors (Lipinski definition) is 3. The van der Waals surface area contributed by atoms with Crippen molar-refractivity contribution in [1.29, 1.82) is 0 Å². The van der Waals surface area contributed by atoms with Gasteiger partial charge in [0.1, 0.15) is 0 Å². The van der Waals surface area contributed by atoms with Crippen LogP contribution in [0.1, 0.15) is 35.3 Å². The first-order valence-electron chi connectivity index (χ1n) is 11.7. The maximum Gasteiger partial charge on any atom is 0.226 e. The van der Waals surface area contributed by atoms with Crippen LogP contribution >= 0.6 is 12.2 Å². The molecule has 0 unspecified atom stereocenters. The predicted molar refractivity (Wildman–Crippen MR) is 142 cm³/mol. The molecule has 1 aliphatic rings. The van der Waals surface area contributed by atoms with Crippen LogP contribution in [-0.4, -0.2) is 32.0 Å². The van der Waals surface area contributed by atoms with E-state index in [4.69, 9.17) is 12.2 Å². The van der Waals surface area contributed by atoms with Crippen molar-refractivity contribution in [1.82, 2.24) is 19.8 Å². The number of rotatable bonds is 7. The first-order chi connectivity index (χ1) is 17.1. The minimum absolute atomic E-state index is 0.0414. The molecule has 7 heteroatoms. The number of para-hydroxylation sites is 1. The van der Waals surface area contributed by atoms with Gasteiger partial charge in [-0.1, -0.05) is 36.4 Å². The van der Waals surface area contributed by atoms with Crippen LogP contribution in [0.2, 0.25) is 0 Å². The molecular weight excluding hydrogens is 454 g/mol. The van der Waals surface area contributed by atoms with Gasteiger partial charge in [0.05, 0.1) is 17.8 Å². The molecule has 2 aromatic heterocycles. The number of aryl methyl sites for hydroxylation is 1. The third-order valence-electron chi connectivity index (χ3n) is 6.19. The number of amides is 1. The first kappa shape index (κ1) is 22.8. The minimum Gasteiger partial charge on any atom is -0.352 e. The molecule has 0 radical (unpaired) electrons. The third kappa shape index (κ3) is 5.10. The second-order valence-corrected chi connectivity index (χ2v) is 9.06. The predicted octanol–water partition coefficient (Wildman–Crippen LogP) is 5.18. The summed E-state index contributed by atoms with van der Waals surface area (Å²) in [7, 11) is 0. The van der Waals surface area contributed by atoms with E-state index in [-0.39, 0.29) is 18.0 Å². The van der Waals surface area contributed by atoms with Crippen molar-refractivity contribution in [3.05, 3.63) is 114 Å². The van der Waals surface area contributed by atoms with E-state index in [1.807, 2.05) is 67.6 Å². The van der Waals surface area contributed by atoms with E-state index in [9.17, 15) is 4.79 Å². The lowest BCUT2D eigenvalue weighted by Crippen LogP contribution is -2.32. The van der Waals surface area contributed by atoms with Crippen LogP contribution in [0, 0.1) is 6.92 Å². The van der Waals surface area contributed by atoms with E-state index < -0.39 is 0 Å². The molecule has 0 bridgehead atoms. The van der Waals surface area contributed by atoms with Gasteiger partial charge in [-0.3, -0.25) is 9.78 Å². The lowest BCUT2D eigenvalue weighted by Gasteiger charge is -2.27. The Morgan fingerprint density at radius 2 is 1.89 bits per heavy atom. The Kier molecular flexibility index (Phi) is 6.59. The molecule has 0 aliphatic carbocycles. The molecule has 2 atom stereocenters. The van der Waals surface area contributed by atoms with Gasteiger partial charge in [0, 0.05) is 42.9 Å². The fourth-order valence-electron chi connectivity index (χ4n) is 4.53. The number of hydrogen-bond donors (Lipinski definition) is 2. The van der Waals surface area contributed by atoms with Crippen molar-refractivity contribution in [2.75, 3.05) is 11.9 Å². The Bertz CT molecular complexity index is 1320. The van der Waals surface area contributed by atoms with Crippen LogP contribution in [0.3, 0.4) is 0 Å². The highest BCUT2D eigenvalue weighted by molar-refractivity contribution is 7.80. The molecule has 6 nitrogen and oxygen atoms in total. The Hall–Kier alpha value is -3.97. The number of nitrogens with zero attached hydrogens (tertiary/aromatic N) is 3. The largest absolute Gasteiger partial charge is 0.352 e. The number of pyridine rings is 1. The Balaban J connectivity index is 1.39. The summed E-state index contributed by atoms with van der Waals surface area (Å²) in [5.41, 5.74) is 5.02. The molecular formula is C28H27N5OS. The molecule has 2 aromatic carbocycles. The van der Waals surface area contributed by atoms with Crippen LogP contribution in [0.25, 0.3) is 5.69 Å². The molecule has 0 spiro atoms. The lowest BCUT2D eigenvalue weighted by molar-refractivity contribution is -0.116. The monoisotopic (exact) mass is 481 g/mol. The summed E-state index contributed by atoms with van der Waals surface area (Å²) in [6, 6.07) is 25.8. The number of anilines is 1. The zero-order chi connectivity index (χ0) is 24.2. The number of nitrogens with one attached hydrogen (secondary N) is 2. The van der Waals surface area contributed by atoms with Crippen molar-refractivity contribution >= 4 is 28.9 Å². The molecule has 1 aliphatic heterocycles. The number of benzene rings is 2. The average Bonchev–Trinajstić information content (AvgIpc) is 3.48. The summed E-state index contributed by atoms with van der Waals surface area (Å²) in [5.74, 6) is -0.0414. The van der Waals surface area contributed by atoms with Gasteiger partial charge in [0.2, 0.25) is 5.91 Å². The molecule has 1 amide bonds. The van der Waals surface area contributed by atoms with E-state index in [0.717, 1.165) is 28.2 Å². The summed E-state index contributed by atoms with van der Waals surface area (Å²) in [6.07, 6.45) is 6.31. The fraction of sp³-hybridized carbons (Fsp3) is 0.179. The SMILES string of the molecule is Cc1cccc(NC(=O)CCN2C(=S)N[C@H](c3ccccn3)[C@H]2c2ccn(-c3ccccc3)c2)c1. The third-order valence-corrected chi connectivity index (χ3v) is 6.54. The highest BCUT2D eigenvalue weighted by Crippen LogP contribution is 2.39. The molecule has 1 saturated heterocycles. The van der Waals surface area contributed by atoms with Gasteiger partial charge >= 0.3 is 0 Å². The summed E-state index contributed by atoms with van der Waals surface area (Å²) in [6.45, 7) is 2.50. The summed E-state index contributed by atoms with van der Waals surface area (Å²) in [5, 5.41) is 7.08. The van der Waals surface area contributed by atoms with Crippen LogP contribution < -0.4 is 10.6 Å². The molecule has 4 aromatic rings. The van der Waals surface area contributed by atoms with E-state index in [1.165, 1.54) is 0 Å². The molecule has 2 N–H and O–H groups in total. The number of carbonyl (C=O) groups excluding carboxylic acids is 1. The molecule has 5 rings (SSSR count). The topological polar surface area (TPSA) is 62.2 Å². The normalized spacial score (nSPS) is 17.3. The molecule has 35 heavy (non-hydrogen) atoms. The summed E-state index contributed by atoms with van der Waals surface area (Å²) >= 11 is 5.74. The lowest BCUT2D eigenvalue weighted by atomic mass is 9.99. The maximum atomic E-state index is 12.8. The smallest absolute Gasteiger partial charge is 0.226 e. The van der Waals surface area contributed by atoms with Gasteiger partial charge in [-0.2, -0.15) is 0 Å². The summed E-state index contributed by atoms with van der Waals surface area (Å²) in [4.78, 5) is 19.5. The van der Waals surface area contributed by atoms with E-state index >= 15 is 0 Å². The van der Waals surface area contributed by atoms with Gasteiger partial charge in [-0.25, -0.2) is 0 Å². The van der Waals surface area contributed by atoms with Crippen molar-refractivity contribution < 1.29 is 4.79 Å². The zero-order valence-electron chi connectivity index (χ0n) is 19.5. The number of carbonyl (C=O) groups is 1. The average molecular weight is 482 g/mol. The van der Waals surface area contributed by atoms with E-state index in [1.54, 1.807) is 6.20 Å². The van der Waals surface area contributed by atoms with Crippen LogP contribution in [0.5, 0.6) is 0 Å². The first-order valence-corrected chi connectivity index (χ1v) is 12.1. The van der Waals surface area contributed by atoms with Gasteiger partial charge in [-0.05, 0) is 72.7 Å². The quantitative estimate of drug-likeness (QED) is 0.356. The Labute approximate surface area is 210 Å². The fourth-order valence-corrected chi connectivity index (χ4v) is 4.86. The van der Waals surface area contributed by atoms with Gasteiger partial charge in [0.25, 0.3) is 0 Å². The summed E-state index contributed by atoms with van der Waals surface area (Å²) < 4.78 is 2.11. The highest BCUT2D eigenvalue weighted by atomic mass is 32.1.